The number of carbonyl (C=O) groups excluding carboxylic acids is 2. The molecule has 7 heteroatoms. The number of ether oxygens (including phenoxy) is 1. The average molecular weight is 859 g/mol. The second-order valence-electron chi connectivity index (χ2n) is 8.77. The zero-order valence-corrected chi connectivity index (χ0v) is 28.8. The Hall–Kier alpha value is -2.60. The minimum Gasteiger partial charge on any atom is -0.358 e. The first-order valence-electron chi connectivity index (χ1n) is 11.9. The minimum atomic E-state index is -3.38. The number of hydrogen-bond donors (Lipinski definition) is 1. The van der Waals surface area contributed by atoms with E-state index in [2.05, 4.69) is 29.4 Å². The number of aromatic nitrogens is 1. The van der Waals surface area contributed by atoms with Gasteiger partial charge in [-0.05, 0) is 0 Å². The Labute approximate surface area is 259 Å². The van der Waals surface area contributed by atoms with E-state index in [0.717, 1.165) is 27.9 Å². The van der Waals surface area contributed by atoms with Crippen LogP contribution in [0, 0.1) is 44.6 Å². The number of nitrogens with zero attached hydrogens (tertiary/aromatic N) is 1. The molecule has 0 aliphatic heterocycles. The molecule has 200 valence electrons. The van der Waals surface area contributed by atoms with Crippen LogP contribution in [0.25, 0.3) is 0 Å². The number of benzene rings is 3. The van der Waals surface area contributed by atoms with Gasteiger partial charge in [-0.15, -0.1) is 0 Å². The molecule has 0 radical (unpaired) electrons. The van der Waals surface area contributed by atoms with Crippen LogP contribution in [0.4, 0.5) is 5.69 Å². The van der Waals surface area contributed by atoms with E-state index in [1.54, 1.807) is 18.3 Å². The van der Waals surface area contributed by atoms with Crippen molar-refractivity contribution in [1.82, 2.24) is 4.98 Å². The standard InChI is InChI=1S/C31H30IN2O3.CH3.U/c1-23(32(3,20-26-10-8-18-33-21-26)31(36)27-11-5-4-6-12-27)28-13-7-9-25(19-28)22-37-30-16-14-29(15-17-30)34-24(2)35;;/h4-8,10-19,21,23H,3,20,22H2,1-2H3,(H,34,35);1H3;/q2*-1;+2. The monoisotopic (exact) mass is 858 g/mol. The van der Waals surface area contributed by atoms with Crippen LogP contribution in [0.5, 0.6) is 5.75 Å². The average Bonchev–Trinajstić information content (AvgIpc) is 2.92. The van der Waals surface area contributed by atoms with Gasteiger partial charge in [-0.3, -0.25) is 4.79 Å². The van der Waals surface area contributed by atoms with Crippen molar-refractivity contribution in [3.63, 3.8) is 0 Å². The van der Waals surface area contributed by atoms with Crippen LogP contribution in [0.15, 0.2) is 97.3 Å². The summed E-state index contributed by atoms with van der Waals surface area (Å²) in [6.45, 7) is 3.94. The Kier molecular flexibility index (Phi) is 12.8. The van der Waals surface area contributed by atoms with Gasteiger partial charge in [0.15, 0.2) is 0 Å². The maximum Gasteiger partial charge on any atom is 2.00 e. The van der Waals surface area contributed by atoms with E-state index in [-0.39, 0.29) is 52.2 Å². The molecule has 3 aromatic carbocycles. The van der Waals surface area contributed by atoms with Gasteiger partial charge in [-0.2, -0.15) is 0 Å². The van der Waals surface area contributed by atoms with E-state index in [1.807, 2.05) is 72.9 Å². The van der Waals surface area contributed by atoms with E-state index in [4.69, 9.17) is 9.25 Å². The van der Waals surface area contributed by atoms with Gasteiger partial charge < -0.3 is 7.43 Å². The predicted molar refractivity (Wildman–Crippen MR) is 165 cm³/mol. The van der Waals surface area contributed by atoms with Crippen molar-refractivity contribution in [3.8, 4) is 5.75 Å². The van der Waals surface area contributed by atoms with Gasteiger partial charge in [0.2, 0.25) is 0 Å². The predicted octanol–water partition coefficient (Wildman–Crippen LogP) is 7.45. The summed E-state index contributed by atoms with van der Waals surface area (Å²) in [4.78, 5) is 29.4. The molecule has 1 aromatic heterocycles. The molecule has 0 saturated carbocycles. The first-order valence-corrected chi connectivity index (χ1v) is 17.3. The second-order valence-corrected chi connectivity index (χ2v) is 17.4. The van der Waals surface area contributed by atoms with Gasteiger partial charge in [0, 0.05) is 6.92 Å². The fraction of sp³-hybridized carbons (Fsp3) is 0.156. The number of halogens is 1. The molecule has 4 rings (SSSR count). The summed E-state index contributed by atoms with van der Waals surface area (Å²) in [7, 11) is 0. The number of alkyl halides is 2. The van der Waals surface area contributed by atoms with Gasteiger partial charge in [-0.25, -0.2) is 0 Å². The summed E-state index contributed by atoms with van der Waals surface area (Å²) in [6.07, 6.45) is 3.58. The molecular formula is C32H33IN2O3U. The Morgan fingerprint density at radius 2 is 1.77 bits per heavy atom. The van der Waals surface area contributed by atoms with Gasteiger partial charge in [-0.1, -0.05) is 0 Å². The number of pyridine rings is 1. The first-order chi connectivity index (χ1) is 17.8. The summed E-state index contributed by atoms with van der Waals surface area (Å²) in [5.41, 5.74) is 4.44. The molecular weight excluding hydrogens is 825 g/mol. The zero-order chi connectivity index (χ0) is 26.3. The third kappa shape index (κ3) is 8.69. The van der Waals surface area contributed by atoms with Gasteiger partial charge >= 0.3 is 242 Å². The number of carbonyl (C=O) groups is 2. The van der Waals surface area contributed by atoms with Crippen molar-refractivity contribution in [2.45, 2.75) is 28.8 Å². The smallest absolute Gasteiger partial charge is 0.358 e. The summed E-state index contributed by atoms with van der Waals surface area (Å²) in [5.74, 6) is 0.579. The van der Waals surface area contributed by atoms with E-state index in [0.29, 0.717) is 16.8 Å². The van der Waals surface area contributed by atoms with Crippen molar-refractivity contribution < 1.29 is 45.4 Å². The third-order valence-electron chi connectivity index (χ3n) is 6.00. The topological polar surface area (TPSA) is 68.3 Å². The molecule has 1 amide bonds. The Balaban J connectivity index is 0.00000267. The quantitative estimate of drug-likeness (QED) is 0.0780. The Morgan fingerprint density at radius 1 is 1.05 bits per heavy atom. The molecule has 2 unspecified atom stereocenters. The zero-order valence-electron chi connectivity index (χ0n) is 22.5. The maximum absolute atomic E-state index is 13.9. The third-order valence-corrected chi connectivity index (χ3v) is 15.1. The van der Waals surface area contributed by atoms with Gasteiger partial charge in [0.1, 0.15) is 0 Å². The number of rotatable bonds is 10. The molecule has 0 fully saturated rings. The van der Waals surface area contributed by atoms with Crippen molar-refractivity contribution in [1.29, 1.82) is 0 Å². The molecule has 0 spiro atoms. The first kappa shape index (κ1) is 32.6. The summed E-state index contributed by atoms with van der Waals surface area (Å²) in [5, 5.41) is 2.74. The second kappa shape index (κ2) is 15.3. The van der Waals surface area contributed by atoms with Crippen LogP contribution in [0.3, 0.4) is 0 Å². The SMILES string of the molecule is C=I(Cc1cccnc1)(C(=O)c1ccccc1)C(C)c1cc[c-]c(COc2ccc(NC(C)=O)cc2)c1.[CH3-].[U+2]. The fourth-order valence-corrected chi connectivity index (χ4v) is 11.2. The molecule has 5 nitrogen and oxygen atoms in total. The molecule has 39 heavy (non-hydrogen) atoms. The molecule has 0 aliphatic rings. The van der Waals surface area contributed by atoms with Gasteiger partial charge in [0.05, 0.1) is 0 Å². The van der Waals surface area contributed by atoms with Crippen LogP contribution in [0.2, 0.25) is 0 Å². The minimum absolute atomic E-state index is 0. The van der Waals surface area contributed by atoms with E-state index in [1.165, 1.54) is 6.92 Å². The van der Waals surface area contributed by atoms with Crippen LogP contribution < -0.4 is 10.1 Å². The Morgan fingerprint density at radius 3 is 2.41 bits per heavy atom. The van der Waals surface area contributed by atoms with Crippen molar-refractivity contribution >= 4 is 37.9 Å². The van der Waals surface area contributed by atoms with Crippen LogP contribution in [-0.4, -0.2) is 19.2 Å². The normalized spacial score (nSPS) is 13.4. The van der Waals surface area contributed by atoms with Crippen LogP contribution in [-0.2, 0) is 15.8 Å². The molecule has 1 N–H and O–H groups in total. The fourth-order valence-electron chi connectivity index (χ4n) is 3.97. The van der Waals surface area contributed by atoms with Gasteiger partial charge in [0.25, 0.3) is 0 Å². The number of nitrogens with one attached hydrogen (secondary N) is 1. The maximum atomic E-state index is 13.9. The molecule has 0 bridgehead atoms. The molecule has 2 atom stereocenters. The van der Waals surface area contributed by atoms with E-state index >= 15 is 0 Å². The van der Waals surface area contributed by atoms with Crippen molar-refractivity contribution in [2.75, 3.05) is 5.32 Å². The molecule has 0 aliphatic carbocycles. The number of amides is 1. The largest absolute Gasteiger partial charge is 2.00 e. The summed E-state index contributed by atoms with van der Waals surface area (Å²) < 4.78 is 11.5. The molecule has 1 heterocycles. The summed E-state index contributed by atoms with van der Waals surface area (Å²) >= 11 is -3.38. The van der Waals surface area contributed by atoms with E-state index < -0.39 is 18.0 Å². The van der Waals surface area contributed by atoms with Crippen molar-refractivity contribution in [2.24, 2.45) is 0 Å². The number of anilines is 1. The van der Waals surface area contributed by atoms with Crippen LogP contribution >= 0.6 is 18.0 Å². The van der Waals surface area contributed by atoms with Crippen LogP contribution in [0.1, 0.15) is 44.8 Å². The van der Waals surface area contributed by atoms with E-state index in [9.17, 15) is 9.59 Å². The number of hydrogen-bond acceptors (Lipinski definition) is 4. The molecule has 4 aromatic rings. The Bertz CT molecular complexity index is 1410. The van der Waals surface area contributed by atoms with Crippen molar-refractivity contribution in [3.05, 3.63) is 133 Å². The summed E-state index contributed by atoms with van der Waals surface area (Å²) in [6, 6.07) is 29.9. The molecule has 0 saturated heterocycles.